The first-order valence-electron chi connectivity index (χ1n) is 11.5. The molecule has 0 unspecified atom stereocenters. The van der Waals surface area contributed by atoms with E-state index >= 15 is 0 Å². The maximum absolute atomic E-state index is 14.1. The summed E-state index contributed by atoms with van der Waals surface area (Å²) in [6.45, 7) is 2.01. The maximum Gasteiger partial charge on any atom is 0.254 e. The van der Waals surface area contributed by atoms with Crippen LogP contribution in [0.15, 0.2) is 60.7 Å². The molecule has 0 spiro atoms. The first kappa shape index (κ1) is 20.1. The summed E-state index contributed by atoms with van der Waals surface area (Å²) in [6.07, 6.45) is 5.03. The third kappa shape index (κ3) is 3.09. The summed E-state index contributed by atoms with van der Waals surface area (Å²) in [7, 11) is 0. The number of para-hydroxylation sites is 1. The molecule has 2 aromatic rings. The fourth-order valence-corrected chi connectivity index (χ4v) is 5.98. The largest absolute Gasteiger partial charge is 0.366 e. The molecule has 4 atom stereocenters. The van der Waals surface area contributed by atoms with E-state index in [4.69, 9.17) is 0 Å². The molecule has 0 aromatic heterocycles. The van der Waals surface area contributed by atoms with Crippen LogP contribution in [0.1, 0.15) is 16.8 Å². The minimum absolute atomic E-state index is 0.147. The highest BCUT2D eigenvalue weighted by Gasteiger charge is 2.59. The van der Waals surface area contributed by atoms with Gasteiger partial charge in [-0.3, -0.25) is 14.4 Å². The molecule has 2 heterocycles. The summed E-state index contributed by atoms with van der Waals surface area (Å²) >= 11 is 0. The SMILES string of the molecule is O=C(c1cccc(N2C(=O)[C@@H]3[C@H](C2=O)[C@H]2C=C[C@H]3C2)c1)N1CCN(c2ccccc2F)CC1. The molecule has 4 aliphatic rings. The van der Waals surface area contributed by atoms with Crippen molar-refractivity contribution in [2.24, 2.45) is 23.7 Å². The summed E-state index contributed by atoms with van der Waals surface area (Å²) in [5, 5.41) is 0. The quantitative estimate of drug-likeness (QED) is 0.538. The zero-order chi connectivity index (χ0) is 22.7. The van der Waals surface area contributed by atoms with Crippen LogP contribution in [0.3, 0.4) is 0 Å². The van der Waals surface area contributed by atoms with Crippen LogP contribution in [0.25, 0.3) is 0 Å². The van der Waals surface area contributed by atoms with E-state index in [-0.39, 0.29) is 47.2 Å². The fraction of sp³-hybridized carbons (Fsp3) is 0.346. The Morgan fingerprint density at radius 3 is 2.18 bits per heavy atom. The number of fused-ring (bicyclic) bond motifs is 5. The number of carbonyl (C=O) groups excluding carboxylic acids is 3. The van der Waals surface area contributed by atoms with Crippen molar-refractivity contribution in [1.82, 2.24) is 4.90 Å². The number of hydrogen-bond donors (Lipinski definition) is 0. The Morgan fingerprint density at radius 1 is 0.848 bits per heavy atom. The Balaban J connectivity index is 1.18. The summed E-state index contributed by atoms with van der Waals surface area (Å²) < 4.78 is 14.1. The normalized spacial score (nSPS) is 28.1. The van der Waals surface area contributed by atoms with Gasteiger partial charge < -0.3 is 9.80 Å². The minimum atomic E-state index is -0.265. The van der Waals surface area contributed by atoms with E-state index in [1.165, 1.54) is 11.0 Å². The predicted octanol–water partition coefficient (Wildman–Crippen LogP) is 3.10. The monoisotopic (exact) mass is 445 g/mol. The van der Waals surface area contributed by atoms with E-state index in [0.29, 0.717) is 43.1 Å². The van der Waals surface area contributed by atoms with Gasteiger partial charge in [-0.15, -0.1) is 0 Å². The molecule has 33 heavy (non-hydrogen) atoms. The van der Waals surface area contributed by atoms with Crippen molar-refractivity contribution in [1.29, 1.82) is 0 Å². The van der Waals surface area contributed by atoms with Crippen molar-refractivity contribution >= 4 is 29.1 Å². The van der Waals surface area contributed by atoms with Crippen molar-refractivity contribution in [2.45, 2.75) is 6.42 Å². The number of nitrogens with zero attached hydrogens (tertiary/aromatic N) is 3. The highest BCUT2D eigenvalue weighted by Crippen LogP contribution is 2.53. The first-order chi connectivity index (χ1) is 16.0. The van der Waals surface area contributed by atoms with E-state index in [2.05, 4.69) is 12.2 Å². The lowest BCUT2D eigenvalue weighted by atomic mass is 9.85. The van der Waals surface area contributed by atoms with Crippen LogP contribution in [0.2, 0.25) is 0 Å². The lowest BCUT2D eigenvalue weighted by molar-refractivity contribution is -0.123. The number of amides is 3. The molecule has 168 valence electrons. The number of halogens is 1. The van der Waals surface area contributed by atoms with Gasteiger partial charge in [0.25, 0.3) is 5.91 Å². The van der Waals surface area contributed by atoms with Gasteiger partial charge in [0.05, 0.1) is 23.2 Å². The highest BCUT2D eigenvalue weighted by molar-refractivity contribution is 6.23. The smallest absolute Gasteiger partial charge is 0.254 e. The lowest BCUT2D eigenvalue weighted by Gasteiger charge is -2.36. The summed E-state index contributed by atoms with van der Waals surface area (Å²) in [5.41, 5.74) is 1.46. The summed E-state index contributed by atoms with van der Waals surface area (Å²) in [5.74, 6) is -0.940. The molecule has 2 saturated heterocycles. The zero-order valence-corrected chi connectivity index (χ0v) is 18.1. The topological polar surface area (TPSA) is 60.9 Å². The molecular weight excluding hydrogens is 421 g/mol. The molecule has 0 N–H and O–H groups in total. The Bertz CT molecular complexity index is 1160. The van der Waals surface area contributed by atoms with Crippen LogP contribution in [0.4, 0.5) is 15.8 Å². The second-order valence-electron chi connectivity index (χ2n) is 9.29. The van der Waals surface area contributed by atoms with Crippen molar-refractivity contribution in [3.8, 4) is 0 Å². The van der Waals surface area contributed by atoms with Crippen LogP contribution in [-0.4, -0.2) is 48.8 Å². The molecule has 1 saturated carbocycles. The number of allylic oxidation sites excluding steroid dienone is 2. The van der Waals surface area contributed by atoms with Gasteiger partial charge in [-0.05, 0) is 48.6 Å². The van der Waals surface area contributed by atoms with Gasteiger partial charge in [-0.25, -0.2) is 9.29 Å². The van der Waals surface area contributed by atoms with Crippen LogP contribution >= 0.6 is 0 Å². The molecule has 2 aliphatic carbocycles. The Morgan fingerprint density at radius 2 is 1.52 bits per heavy atom. The van der Waals surface area contributed by atoms with Gasteiger partial charge in [0, 0.05) is 31.7 Å². The second kappa shape index (κ2) is 7.54. The van der Waals surface area contributed by atoms with Crippen LogP contribution < -0.4 is 9.80 Å². The molecule has 7 heteroatoms. The van der Waals surface area contributed by atoms with E-state index in [1.54, 1.807) is 47.4 Å². The number of benzene rings is 2. The standard InChI is InChI=1S/C26H24FN3O3/c27-20-6-1-2-7-21(20)28-10-12-29(13-11-28)24(31)18-4-3-5-19(15-18)30-25(32)22-16-8-9-17(14-16)23(22)26(30)33/h1-9,15-17,22-23H,10-14H2/t16-,17-,22-,23+/m0/s1. The maximum atomic E-state index is 14.1. The Kier molecular flexibility index (Phi) is 4.60. The number of carbonyl (C=O) groups is 3. The average Bonchev–Trinajstić information content (AvgIpc) is 3.53. The summed E-state index contributed by atoms with van der Waals surface area (Å²) in [6, 6.07) is 13.5. The number of rotatable bonds is 3. The van der Waals surface area contributed by atoms with Gasteiger partial charge in [0.15, 0.2) is 0 Å². The van der Waals surface area contributed by atoms with Gasteiger partial charge >= 0.3 is 0 Å². The fourth-order valence-electron chi connectivity index (χ4n) is 5.98. The van der Waals surface area contributed by atoms with Gasteiger partial charge in [0.1, 0.15) is 5.82 Å². The average molecular weight is 445 g/mol. The van der Waals surface area contributed by atoms with Crippen LogP contribution in [-0.2, 0) is 9.59 Å². The van der Waals surface area contributed by atoms with E-state index in [1.807, 2.05) is 4.90 Å². The lowest BCUT2D eigenvalue weighted by Crippen LogP contribution is -2.49. The van der Waals surface area contributed by atoms with Crippen molar-refractivity contribution in [3.63, 3.8) is 0 Å². The third-order valence-corrected chi connectivity index (χ3v) is 7.58. The number of anilines is 2. The van der Waals surface area contributed by atoms with Crippen molar-refractivity contribution in [3.05, 3.63) is 72.1 Å². The third-order valence-electron chi connectivity index (χ3n) is 7.58. The molecule has 2 aliphatic heterocycles. The van der Waals surface area contributed by atoms with Crippen LogP contribution in [0.5, 0.6) is 0 Å². The molecule has 6 nitrogen and oxygen atoms in total. The number of imide groups is 1. The Labute approximate surface area is 191 Å². The van der Waals surface area contributed by atoms with Gasteiger partial charge in [0.2, 0.25) is 11.8 Å². The van der Waals surface area contributed by atoms with Gasteiger partial charge in [-0.1, -0.05) is 30.4 Å². The molecule has 2 aromatic carbocycles. The summed E-state index contributed by atoms with van der Waals surface area (Å²) in [4.78, 5) is 44.4. The van der Waals surface area contributed by atoms with E-state index < -0.39 is 0 Å². The zero-order valence-electron chi connectivity index (χ0n) is 18.1. The first-order valence-corrected chi connectivity index (χ1v) is 11.5. The van der Waals surface area contributed by atoms with Gasteiger partial charge in [-0.2, -0.15) is 0 Å². The van der Waals surface area contributed by atoms with Crippen molar-refractivity contribution in [2.75, 3.05) is 36.0 Å². The number of hydrogen-bond acceptors (Lipinski definition) is 4. The molecule has 3 fully saturated rings. The second-order valence-corrected chi connectivity index (χ2v) is 9.29. The van der Waals surface area contributed by atoms with E-state index in [9.17, 15) is 18.8 Å². The Hall–Kier alpha value is -3.48. The number of piperazine rings is 1. The highest BCUT2D eigenvalue weighted by atomic mass is 19.1. The minimum Gasteiger partial charge on any atom is -0.366 e. The molecule has 2 bridgehead atoms. The van der Waals surface area contributed by atoms with E-state index in [0.717, 1.165) is 6.42 Å². The molecule has 3 amide bonds. The molecular formula is C26H24FN3O3. The molecule has 6 rings (SSSR count). The van der Waals surface area contributed by atoms with Crippen LogP contribution in [0, 0.1) is 29.5 Å². The van der Waals surface area contributed by atoms with Crippen molar-refractivity contribution < 1.29 is 18.8 Å². The molecule has 0 radical (unpaired) electrons. The predicted molar refractivity (Wildman–Crippen MR) is 121 cm³/mol.